The maximum Gasteiger partial charge on any atom is 0.333 e. The molecule has 0 spiro atoms. The van der Waals surface area contributed by atoms with E-state index < -0.39 is 0 Å². The molecule has 3 nitrogen and oxygen atoms in total. The number of esters is 1. The second-order valence-corrected chi connectivity index (χ2v) is 6.42. The number of rotatable bonds is 15. The summed E-state index contributed by atoms with van der Waals surface area (Å²) < 4.78 is 5.11. The number of hydrogen-bond acceptors (Lipinski definition) is 3. The fourth-order valence-corrected chi connectivity index (χ4v) is 2.34. The largest absolute Gasteiger partial charge is 0.461 e. The highest BCUT2D eigenvalue weighted by molar-refractivity contribution is 5.86. The normalized spacial score (nSPS) is 12.1. The van der Waals surface area contributed by atoms with Gasteiger partial charge < -0.3 is 10.1 Å². The zero-order valence-corrected chi connectivity index (χ0v) is 15.1. The molecule has 0 radical (unpaired) electrons. The van der Waals surface area contributed by atoms with Crippen molar-refractivity contribution in [1.29, 1.82) is 0 Å². The van der Waals surface area contributed by atoms with E-state index in [2.05, 4.69) is 18.8 Å². The lowest BCUT2D eigenvalue weighted by Crippen LogP contribution is -2.32. The average Bonchev–Trinajstić information content (AvgIpc) is 2.50. The summed E-state index contributed by atoms with van der Waals surface area (Å²) in [7, 11) is 0. The Morgan fingerprint density at radius 1 is 1.00 bits per heavy atom. The van der Waals surface area contributed by atoms with E-state index in [0.717, 1.165) is 6.54 Å². The summed E-state index contributed by atoms with van der Waals surface area (Å²) in [4.78, 5) is 11.3. The van der Waals surface area contributed by atoms with Crippen LogP contribution in [0.3, 0.4) is 0 Å². The van der Waals surface area contributed by atoms with Crippen LogP contribution in [0.15, 0.2) is 12.2 Å². The summed E-state index contributed by atoms with van der Waals surface area (Å²) in [5.41, 5.74) is 0.460. The quantitative estimate of drug-likeness (QED) is 0.263. The van der Waals surface area contributed by atoms with Crippen molar-refractivity contribution >= 4 is 5.97 Å². The van der Waals surface area contributed by atoms with Gasteiger partial charge in [0.2, 0.25) is 0 Å². The lowest BCUT2D eigenvalue weighted by atomic mass is 10.1. The molecule has 0 aliphatic heterocycles. The van der Waals surface area contributed by atoms with Crippen molar-refractivity contribution in [1.82, 2.24) is 5.32 Å². The molecule has 0 aromatic carbocycles. The summed E-state index contributed by atoms with van der Waals surface area (Å²) in [5, 5.41) is 3.40. The van der Waals surface area contributed by atoms with Crippen molar-refractivity contribution in [3.05, 3.63) is 12.2 Å². The predicted molar refractivity (Wildman–Crippen MR) is 95.1 cm³/mol. The minimum atomic E-state index is -0.299. The lowest BCUT2D eigenvalue weighted by molar-refractivity contribution is -0.139. The van der Waals surface area contributed by atoms with Gasteiger partial charge in [0.15, 0.2) is 0 Å². The van der Waals surface area contributed by atoms with Gasteiger partial charge in [-0.15, -0.1) is 0 Å². The molecule has 0 saturated heterocycles. The molecule has 1 unspecified atom stereocenters. The van der Waals surface area contributed by atoms with Gasteiger partial charge in [-0.05, 0) is 26.8 Å². The molecule has 0 rings (SSSR count). The van der Waals surface area contributed by atoms with Crippen molar-refractivity contribution in [2.24, 2.45) is 0 Å². The first kappa shape index (κ1) is 21.2. The number of ether oxygens (including phenoxy) is 1. The molecule has 0 fully saturated rings. The van der Waals surface area contributed by atoms with Gasteiger partial charge in [-0.3, -0.25) is 0 Å². The molecule has 130 valence electrons. The van der Waals surface area contributed by atoms with Gasteiger partial charge in [0.1, 0.15) is 6.61 Å². The molecule has 0 bridgehead atoms. The van der Waals surface area contributed by atoms with Gasteiger partial charge in [0.25, 0.3) is 0 Å². The Morgan fingerprint density at radius 3 is 2.00 bits per heavy atom. The first-order valence-electron chi connectivity index (χ1n) is 9.14. The Kier molecular flexibility index (Phi) is 14.5. The zero-order valence-electron chi connectivity index (χ0n) is 15.1. The molecule has 0 aromatic heterocycles. The minimum Gasteiger partial charge on any atom is -0.461 e. The number of hydrogen-bond donors (Lipinski definition) is 1. The number of carbonyl (C=O) groups is 1. The summed E-state index contributed by atoms with van der Waals surface area (Å²) in [6.07, 6.45) is 13.6. The maximum absolute atomic E-state index is 11.3. The van der Waals surface area contributed by atoms with E-state index in [4.69, 9.17) is 4.74 Å². The third kappa shape index (κ3) is 14.1. The van der Waals surface area contributed by atoms with E-state index in [1.54, 1.807) is 6.92 Å². The Labute approximate surface area is 137 Å². The molecule has 0 aromatic rings. The molecule has 0 aliphatic carbocycles. The van der Waals surface area contributed by atoms with Gasteiger partial charge in [-0.1, -0.05) is 71.3 Å². The van der Waals surface area contributed by atoms with Crippen LogP contribution in [0.4, 0.5) is 0 Å². The van der Waals surface area contributed by atoms with Gasteiger partial charge >= 0.3 is 5.97 Å². The molecule has 0 aliphatic rings. The molecule has 3 heteroatoms. The van der Waals surface area contributed by atoms with Crippen LogP contribution in [-0.2, 0) is 9.53 Å². The summed E-state index contributed by atoms with van der Waals surface area (Å²) in [5.74, 6) is -0.299. The molecule has 1 N–H and O–H groups in total. The van der Waals surface area contributed by atoms with Crippen LogP contribution in [0, 0.1) is 0 Å². The predicted octanol–water partition coefficient (Wildman–Crippen LogP) is 5.00. The Bertz CT molecular complexity index is 289. The van der Waals surface area contributed by atoms with E-state index in [1.807, 2.05) is 6.92 Å². The Morgan fingerprint density at radius 2 is 1.50 bits per heavy atom. The summed E-state index contributed by atoms with van der Waals surface area (Å²) in [6, 6.07) is 0.210. The monoisotopic (exact) mass is 311 g/mol. The van der Waals surface area contributed by atoms with Crippen LogP contribution in [-0.4, -0.2) is 25.2 Å². The highest BCUT2D eigenvalue weighted by Gasteiger charge is 2.06. The maximum atomic E-state index is 11.3. The molecule has 0 heterocycles. The van der Waals surface area contributed by atoms with Crippen molar-refractivity contribution < 1.29 is 9.53 Å². The van der Waals surface area contributed by atoms with Crippen molar-refractivity contribution in [2.45, 2.75) is 91.0 Å². The van der Waals surface area contributed by atoms with Crippen LogP contribution in [0.1, 0.15) is 85.0 Å². The van der Waals surface area contributed by atoms with Crippen LogP contribution >= 0.6 is 0 Å². The first-order chi connectivity index (χ1) is 10.6. The fourth-order valence-electron chi connectivity index (χ4n) is 2.34. The lowest BCUT2D eigenvalue weighted by Gasteiger charge is -2.14. The van der Waals surface area contributed by atoms with E-state index in [9.17, 15) is 4.79 Å². The Hall–Kier alpha value is -0.830. The summed E-state index contributed by atoms with van der Waals surface area (Å²) >= 11 is 0. The standard InChI is InChI=1S/C19H37NO2/c1-5-6-7-8-9-10-11-12-13-14-15-20-18(4)16-22-19(21)17(2)3/h18,20H,2,5-16H2,1,3-4H3. The van der Waals surface area contributed by atoms with Crippen LogP contribution in [0.25, 0.3) is 0 Å². The van der Waals surface area contributed by atoms with Crippen LogP contribution in [0.5, 0.6) is 0 Å². The molecular formula is C19H37NO2. The van der Waals surface area contributed by atoms with E-state index in [-0.39, 0.29) is 12.0 Å². The summed E-state index contributed by atoms with van der Waals surface area (Å²) in [6.45, 7) is 11.0. The van der Waals surface area contributed by atoms with E-state index in [1.165, 1.54) is 64.2 Å². The second-order valence-electron chi connectivity index (χ2n) is 6.42. The number of unbranched alkanes of at least 4 members (excludes halogenated alkanes) is 9. The fraction of sp³-hybridized carbons (Fsp3) is 0.842. The van der Waals surface area contributed by atoms with Gasteiger partial charge in [0.05, 0.1) is 0 Å². The van der Waals surface area contributed by atoms with Crippen LogP contribution < -0.4 is 5.32 Å². The highest BCUT2D eigenvalue weighted by Crippen LogP contribution is 2.10. The third-order valence-corrected chi connectivity index (χ3v) is 3.84. The van der Waals surface area contributed by atoms with Crippen molar-refractivity contribution in [2.75, 3.05) is 13.2 Å². The van der Waals surface area contributed by atoms with Gasteiger partial charge in [0, 0.05) is 11.6 Å². The molecular weight excluding hydrogens is 274 g/mol. The van der Waals surface area contributed by atoms with Crippen LogP contribution in [0.2, 0.25) is 0 Å². The second kappa shape index (κ2) is 15.1. The van der Waals surface area contributed by atoms with Gasteiger partial charge in [-0.25, -0.2) is 4.79 Å². The number of nitrogens with one attached hydrogen (secondary N) is 1. The smallest absolute Gasteiger partial charge is 0.333 e. The molecule has 1 atom stereocenters. The zero-order chi connectivity index (χ0) is 16.6. The van der Waals surface area contributed by atoms with Gasteiger partial charge in [-0.2, -0.15) is 0 Å². The first-order valence-corrected chi connectivity index (χ1v) is 9.14. The number of carbonyl (C=O) groups excluding carboxylic acids is 1. The van der Waals surface area contributed by atoms with Crippen molar-refractivity contribution in [3.63, 3.8) is 0 Å². The third-order valence-electron chi connectivity index (χ3n) is 3.84. The molecule has 0 amide bonds. The van der Waals surface area contributed by atoms with E-state index in [0.29, 0.717) is 12.2 Å². The Balaban J connectivity index is 3.25. The molecule has 22 heavy (non-hydrogen) atoms. The minimum absolute atomic E-state index is 0.210. The SMILES string of the molecule is C=C(C)C(=O)OCC(C)NCCCCCCCCCCCC. The highest BCUT2D eigenvalue weighted by atomic mass is 16.5. The molecule has 0 saturated carbocycles. The topological polar surface area (TPSA) is 38.3 Å². The average molecular weight is 312 g/mol. The van der Waals surface area contributed by atoms with Crippen molar-refractivity contribution in [3.8, 4) is 0 Å². The van der Waals surface area contributed by atoms with E-state index >= 15 is 0 Å².